The lowest BCUT2D eigenvalue weighted by molar-refractivity contribution is -0.382. The monoisotopic (exact) mass is 321 g/mol. The SMILES string of the molecule is O=[N+]([O-])c1cccc2c(O)c(I)sc12. The number of hydrogen-bond acceptors (Lipinski definition) is 4. The minimum atomic E-state index is -0.436. The molecule has 14 heavy (non-hydrogen) atoms. The molecule has 1 N–H and O–H groups in total. The molecule has 0 amide bonds. The van der Waals surface area contributed by atoms with Crippen molar-refractivity contribution in [2.75, 3.05) is 0 Å². The molecule has 1 heterocycles. The summed E-state index contributed by atoms with van der Waals surface area (Å²) in [4.78, 5) is 10.2. The van der Waals surface area contributed by atoms with Crippen LogP contribution in [0.2, 0.25) is 0 Å². The van der Waals surface area contributed by atoms with Crippen LogP contribution in [-0.2, 0) is 0 Å². The van der Waals surface area contributed by atoms with Crippen LogP contribution in [0.3, 0.4) is 0 Å². The summed E-state index contributed by atoms with van der Waals surface area (Å²) in [7, 11) is 0. The van der Waals surface area contributed by atoms with E-state index in [0.29, 0.717) is 13.0 Å². The fourth-order valence-corrected chi connectivity index (χ4v) is 3.06. The number of benzene rings is 1. The van der Waals surface area contributed by atoms with Crippen molar-refractivity contribution in [2.24, 2.45) is 0 Å². The maximum Gasteiger partial charge on any atom is 0.287 e. The average molecular weight is 321 g/mol. The summed E-state index contributed by atoms with van der Waals surface area (Å²) in [5, 5.41) is 20.8. The first-order valence-corrected chi connectivity index (χ1v) is 5.55. The molecule has 0 bridgehead atoms. The molecule has 2 aromatic rings. The van der Waals surface area contributed by atoms with Crippen molar-refractivity contribution >= 4 is 49.7 Å². The molecule has 6 heteroatoms. The Morgan fingerprint density at radius 2 is 2.21 bits per heavy atom. The van der Waals surface area contributed by atoms with Crippen LogP contribution in [0.4, 0.5) is 5.69 Å². The van der Waals surface area contributed by atoms with Crippen molar-refractivity contribution in [3.8, 4) is 5.75 Å². The number of rotatable bonds is 1. The summed E-state index contributed by atoms with van der Waals surface area (Å²) in [5.74, 6) is 0.134. The zero-order valence-electron chi connectivity index (χ0n) is 6.73. The molecule has 0 unspecified atom stereocenters. The van der Waals surface area contributed by atoms with Gasteiger partial charge >= 0.3 is 0 Å². The van der Waals surface area contributed by atoms with Gasteiger partial charge in [0.25, 0.3) is 5.69 Å². The van der Waals surface area contributed by atoms with Gasteiger partial charge in [0.15, 0.2) is 0 Å². The Morgan fingerprint density at radius 1 is 1.50 bits per heavy atom. The predicted molar refractivity (Wildman–Crippen MR) is 62.9 cm³/mol. The van der Waals surface area contributed by atoms with Crippen LogP contribution < -0.4 is 0 Å². The lowest BCUT2D eigenvalue weighted by Crippen LogP contribution is -1.86. The second-order valence-electron chi connectivity index (χ2n) is 2.64. The quantitative estimate of drug-likeness (QED) is 0.499. The van der Waals surface area contributed by atoms with Gasteiger partial charge in [0.1, 0.15) is 13.3 Å². The van der Waals surface area contributed by atoms with E-state index in [1.165, 1.54) is 17.4 Å². The molecular formula is C8H4INO3S. The van der Waals surface area contributed by atoms with Gasteiger partial charge in [0.2, 0.25) is 0 Å². The Morgan fingerprint density at radius 3 is 2.86 bits per heavy atom. The van der Waals surface area contributed by atoms with E-state index in [9.17, 15) is 15.2 Å². The highest BCUT2D eigenvalue weighted by atomic mass is 127. The number of halogens is 1. The number of nitrogens with zero attached hydrogens (tertiary/aromatic N) is 1. The summed E-state index contributed by atoms with van der Waals surface area (Å²) < 4.78 is 1.20. The van der Waals surface area contributed by atoms with Gasteiger partial charge in [0, 0.05) is 11.5 Å². The van der Waals surface area contributed by atoms with Crippen LogP contribution in [0.1, 0.15) is 0 Å². The molecule has 0 atom stereocenters. The van der Waals surface area contributed by atoms with Crippen LogP contribution in [0, 0.1) is 13.0 Å². The molecule has 1 aromatic heterocycles. The molecule has 0 radical (unpaired) electrons. The number of nitro groups is 1. The van der Waals surface area contributed by atoms with Crippen molar-refractivity contribution in [1.29, 1.82) is 0 Å². The first-order chi connectivity index (χ1) is 6.61. The predicted octanol–water partition coefficient (Wildman–Crippen LogP) is 3.12. The van der Waals surface area contributed by atoms with Gasteiger partial charge in [-0.2, -0.15) is 0 Å². The van der Waals surface area contributed by atoms with Crippen LogP contribution >= 0.6 is 33.9 Å². The van der Waals surface area contributed by atoms with Crippen LogP contribution in [0.15, 0.2) is 18.2 Å². The van der Waals surface area contributed by atoms with Crippen molar-refractivity contribution in [1.82, 2.24) is 0 Å². The normalized spacial score (nSPS) is 10.6. The number of hydrogen-bond donors (Lipinski definition) is 1. The molecular weight excluding hydrogens is 317 g/mol. The fourth-order valence-electron chi connectivity index (χ4n) is 1.21. The molecule has 0 fully saturated rings. The van der Waals surface area contributed by atoms with E-state index in [4.69, 9.17) is 0 Å². The van der Waals surface area contributed by atoms with Gasteiger partial charge in [0.05, 0.1) is 4.92 Å². The smallest absolute Gasteiger partial charge is 0.287 e. The first-order valence-electron chi connectivity index (χ1n) is 3.65. The Labute approximate surface area is 96.5 Å². The lowest BCUT2D eigenvalue weighted by Gasteiger charge is -1.92. The van der Waals surface area contributed by atoms with Crippen molar-refractivity contribution < 1.29 is 10.0 Å². The van der Waals surface area contributed by atoms with E-state index in [0.717, 1.165) is 0 Å². The Bertz CT molecular complexity index is 523. The number of nitro benzene ring substituents is 1. The Kier molecular flexibility index (Phi) is 2.31. The van der Waals surface area contributed by atoms with Crippen molar-refractivity contribution in [2.45, 2.75) is 0 Å². The first kappa shape index (κ1) is 9.66. The summed E-state index contributed by atoms with van der Waals surface area (Å²) in [5.41, 5.74) is 0.0470. The van der Waals surface area contributed by atoms with E-state index in [-0.39, 0.29) is 11.4 Å². The Hall–Kier alpha value is -0.890. The van der Waals surface area contributed by atoms with Crippen molar-refractivity contribution in [3.63, 3.8) is 0 Å². The van der Waals surface area contributed by atoms with Gasteiger partial charge in [-0.1, -0.05) is 6.07 Å². The minimum absolute atomic E-state index is 0.0470. The van der Waals surface area contributed by atoms with Crippen LogP contribution in [0.5, 0.6) is 5.75 Å². The molecule has 72 valence electrons. The number of non-ortho nitro benzene ring substituents is 1. The molecule has 0 aliphatic carbocycles. The minimum Gasteiger partial charge on any atom is -0.505 e. The van der Waals surface area contributed by atoms with E-state index < -0.39 is 4.92 Å². The molecule has 1 aromatic carbocycles. The van der Waals surface area contributed by atoms with Gasteiger partial charge in [-0.3, -0.25) is 10.1 Å². The third-order valence-corrected chi connectivity index (χ3v) is 4.00. The second kappa shape index (κ2) is 3.35. The summed E-state index contributed by atoms with van der Waals surface area (Å²) in [6, 6.07) is 4.69. The number of aromatic hydroxyl groups is 1. The van der Waals surface area contributed by atoms with Gasteiger partial charge in [-0.25, -0.2) is 0 Å². The third-order valence-electron chi connectivity index (χ3n) is 1.82. The van der Waals surface area contributed by atoms with Gasteiger partial charge < -0.3 is 5.11 Å². The maximum absolute atomic E-state index is 10.7. The molecule has 4 nitrogen and oxygen atoms in total. The highest BCUT2D eigenvalue weighted by Crippen LogP contribution is 2.41. The highest BCUT2D eigenvalue weighted by molar-refractivity contribution is 14.1. The standard InChI is InChI=1S/C8H4INO3S/c9-8-6(11)4-2-1-3-5(10(12)13)7(4)14-8/h1-3,11H. The second-order valence-corrected chi connectivity index (χ2v) is 5.47. The Balaban J connectivity index is 2.88. The third kappa shape index (κ3) is 1.34. The molecule has 2 rings (SSSR count). The highest BCUT2D eigenvalue weighted by Gasteiger charge is 2.17. The van der Waals surface area contributed by atoms with Crippen LogP contribution in [-0.4, -0.2) is 10.0 Å². The lowest BCUT2D eigenvalue weighted by atomic mass is 10.2. The zero-order chi connectivity index (χ0) is 10.3. The summed E-state index contributed by atoms with van der Waals surface area (Å²) in [6.07, 6.45) is 0. The molecule has 0 saturated carbocycles. The number of fused-ring (bicyclic) bond motifs is 1. The maximum atomic E-state index is 10.7. The van der Waals surface area contributed by atoms with E-state index in [1.807, 2.05) is 22.6 Å². The zero-order valence-corrected chi connectivity index (χ0v) is 9.70. The fraction of sp³-hybridized carbons (Fsp3) is 0. The number of thiophene rings is 1. The van der Waals surface area contributed by atoms with E-state index in [2.05, 4.69) is 0 Å². The molecule has 0 saturated heterocycles. The van der Waals surface area contributed by atoms with E-state index >= 15 is 0 Å². The van der Waals surface area contributed by atoms with Crippen LogP contribution in [0.25, 0.3) is 10.1 Å². The van der Waals surface area contributed by atoms with Gasteiger partial charge in [-0.15, -0.1) is 11.3 Å². The molecule has 0 spiro atoms. The molecule has 0 aliphatic rings. The topological polar surface area (TPSA) is 63.4 Å². The van der Waals surface area contributed by atoms with Crippen molar-refractivity contribution in [3.05, 3.63) is 31.2 Å². The molecule has 0 aliphatic heterocycles. The van der Waals surface area contributed by atoms with Gasteiger partial charge in [-0.05, 0) is 28.7 Å². The summed E-state index contributed by atoms with van der Waals surface area (Å²) >= 11 is 3.19. The van der Waals surface area contributed by atoms with E-state index in [1.54, 1.807) is 12.1 Å². The summed E-state index contributed by atoms with van der Waals surface area (Å²) in [6.45, 7) is 0. The largest absolute Gasteiger partial charge is 0.505 e. The average Bonchev–Trinajstić information content (AvgIpc) is 2.43.